The molecule has 0 atom stereocenters. The summed E-state index contributed by atoms with van der Waals surface area (Å²) in [5.74, 6) is -0.319. The fourth-order valence-corrected chi connectivity index (χ4v) is 4.31. The number of ether oxygens (including phenoxy) is 2. The van der Waals surface area contributed by atoms with Gasteiger partial charge in [-0.25, -0.2) is 8.42 Å². The molecular formula is C22H25ClN2O6S. The number of carbonyl (C=O) groups excluding carboxylic acids is 2. The summed E-state index contributed by atoms with van der Waals surface area (Å²) in [5.41, 5.74) is 1.81. The molecule has 1 aliphatic rings. The van der Waals surface area contributed by atoms with Gasteiger partial charge in [0, 0.05) is 31.2 Å². The first-order valence-electron chi connectivity index (χ1n) is 9.99. The minimum Gasteiger partial charge on any atom is -0.488 e. The van der Waals surface area contributed by atoms with Crippen LogP contribution in [0.1, 0.15) is 21.5 Å². The maximum atomic E-state index is 13.3. The van der Waals surface area contributed by atoms with Crippen molar-refractivity contribution in [3.05, 3.63) is 64.2 Å². The number of benzene rings is 2. The van der Waals surface area contributed by atoms with E-state index < -0.39 is 16.0 Å². The smallest absolute Gasteiger partial charge is 0.309 e. The van der Waals surface area contributed by atoms with Crippen LogP contribution in [0.15, 0.2) is 42.5 Å². The Kier molecular flexibility index (Phi) is 7.76. The molecule has 172 valence electrons. The third-order valence-electron chi connectivity index (χ3n) is 5.15. The number of carbonyl (C=O) groups is 2. The van der Waals surface area contributed by atoms with Gasteiger partial charge >= 0.3 is 5.97 Å². The maximum Gasteiger partial charge on any atom is 0.309 e. The average molecular weight is 481 g/mol. The highest BCUT2D eigenvalue weighted by molar-refractivity contribution is 7.88. The lowest BCUT2D eigenvalue weighted by Crippen LogP contribution is -2.50. The quantitative estimate of drug-likeness (QED) is 0.565. The first-order chi connectivity index (χ1) is 15.2. The molecule has 1 aliphatic heterocycles. The van der Waals surface area contributed by atoms with Gasteiger partial charge in [-0.05, 0) is 35.4 Å². The van der Waals surface area contributed by atoms with Crippen LogP contribution in [0.5, 0.6) is 5.75 Å². The van der Waals surface area contributed by atoms with Crippen LogP contribution < -0.4 is 4.74 Å². The fraction of sp³-hybridized carbons (Fsp3) is 0.364. The Morgan fingerprint density at radius 2 is 1.62 bits per heavy atom. The molecule has 3 rings (SSSR count). The van der Waals surface area contributed by atoms with Crippen LogP contribution in [0, 0.1) is 0 Å². The summed E-state index contributed by atoms with van der Waals surface area (Å²) in [7, 11) is -2.00. The van der Waals surface area contributed by atoms with Crippen LogP contribution in [0.4, 0.5) is 0 Å². The molecule has 0 saturated carbocycles. The number of nitrogens with zero attached hydrogens (tertiary/aromatic N) is 2. The van der Waals surface area contributed by atoms with Crippen molar-refractivity contribution in [2.45, 2.75) is 13.0 Å². The largest absolute Gasteiger partial charge is 0.488 e. The van der Waals surface area contributed by atoms with Crippen LogP contribution in [-0.4, -0.2) is 69.0 Å². The van der Waals surface area contributed by atoms with E-state index >= 15 is 0 Å². The molecule has 32 heavy (non-hydrogen) atoms. The van der Waals surface area contributed by atoms with Gasteiger partial charge < -0.3 is 14.4 Å². The lowest BCUT2D eigenvalue weighted by molar-refractivity contribution is -0.139. The van der Waals surface area contributed by atoms with Crippen LogP contribution in [0.2, 0.25) is 5.02 Å². The molecule has 1 fully saturated rings. The van der Waals surface area contributed by atoms with Crippen LogP contribution >= 0.6 is 11.6 Å². The number of hydrogen-bond donors (Lipinski definition) is 0. The molecule has 1 heterocycles. The van der Waals surface area contributed by atoms with Crippen LogP contribution in [0.25, 0.3) is 0 Å². The Bertz CT molecular complexity index is 1080. The molecular weight excluding hydrogens is 456 g/mol. The second-order valence-electron chi connectivity index (χ2n) is 7.45. The van der Waals surface area contributed by atoms with Crippen molar-refractivity contribution in [1.29, 1.82) is 0 Å². The van der Waals surface area contributed by atoms with Gasteiger partial charge in [-0.15, -0.1) is 0 Å². The number of rotatable bonds is 7. The molecule has 1 saturated heterocycles. The molecule has 0 unspecified atom stereocenters. The van der Waals surface area contributed by atoms with Crippen molar-refractivity contribution in [1.82, 2.24) is 9.21 Å². The Balaban J connectivity index is 1.81. The topological polar surface area (TPSA) is 93.2 Å². The monoisotopic (exact) mass is 480 g/mol. The molecule has 8 nitrogen and oxygen atoms in total. The van der Waals surface area contributed by atoms with E-state index in [4.69, 9.17) is 21.1 Å². The molecule has 10 heteroatoms. The number of hydrogen-bond acceptors (Lipinski definition) is 6. The third-order valence-corrected chi connectivity index (χ3v) is 6.71. The summed E-state index contributed by atoms with van der Waals surface area (Å²) in [5, 5.41) is 0.616. The van der Waals surface area contributed by atoms with E-state index in [2.05, 4.69) is 0 Å². The summed E-state index contributed by atoms with van der Waals surface area (Å²) in [6, 6.07) is 12.2. The number of methoxy groups -OCH3 is 1. The Morgan fingerprint density at radius 1 is 1.00 bits per heavy atom. The minimum absolute atomic E-state index is 0.0239. The van der Waals surface area contributed by atoms with Crippen molar-refractivity contribution in [2.75, 3.05) is 39.5 Å². The molecule has 0 spiro atoms. The molecule has 0 aliphatic carbocycles. The molecule has 2 aromatic rings. The van der Waals surface area contributed by atoms with E-state index in [9.17, 15) is 18.0 Å². The predicted octanol–water partition coefficient (Wildman–Crippen LogP) is 2.35. The number of amides is 1. The standard InChI is InChI=1S/C22H25ClN2O6S/c1-30-21(26)14-17-5-8-20(31-15-16-3-6-18(23)7-4-16)19(13-17)22(27)24-9-11-25(12-10-24)32(2,28)29/h3-8,13H,9-12,14-15H2,1-2H3. The Morgan fingerprint density at radius 3 is 2.22 bits per heavy atom. The van der Waals surface area contributed by atoms with Crippen LogP contribution in [-0.2, 0) is 32.6 Å². The molecule has 0 radical (unpaired) electrons. The van der Waals surface area contributed by atoms with E-state index in [1.165, 1.54) is 11.4 Å². The van der Waals surface area contributed by atoms with Gasteiger partial charge in [0.15, 0.2) is 0 Å². The first-order valence-corrected chi connectivity index (χ1v) is 12.2. The van der Waals surface area contributed by atoms with Gasteiger partial charge in [-0.3, -0.25) is 9.59 Å². The third kappa shape index (κ3) is 6.21. The highest BCUT2D eigenvalue weighted by Gasteiger charge is 2.28. The van der Waals surface area contributed by atoms with E-state index in [0.717, 1.165) is 11.8 Å². The summed E-state index contributed by atoms with van der Waals surface area (Å²) >= 11 is 5.92. The second-order valence-corrected chi connectivity index (χ2v) is 9.87. The van der Waals surface area contributed by atoms with E-state index in [1.807, 2.05) is 12.1 Å². The van der Waals surface area contributed by atoms with E-state index in [0.29, 0.717) is 21.9 Å². The van der Waals surface area contributed by atoms with E-state index in [1.54, 1.807) is 35.2 Å². The van der Waals surface area contributed by atoms with E-state index in [-0.39, 0.29) is 45.1 Å². The zero-order chi connectivity index (χ0) is 23.3. The van der Waals surface area contributed by atoms with Gasteiger partial charge in [0.1, 0.15) is 12.4 Å². The van der Waals surface area contributed by atoms with Gasteiger partial charge in [-0.2, -0.15) is 4.31 Å². The SMILES string of the molecule is COC(=O)Cc1ccc(OCc2ccc(Cl)cc2)c(C(=O)N2CCN(S(C)(=O)=O)CC2)c1. The van der Waals surface area contributed by atoms with Crippen molar-refractivity contribution >= 4 is 33.5 Å². The average Bonchev–Trinajstić information content (AvgIpc) is 2.78. The van der Waals surface area contributed by atoms with Crippen molar-refractivity contribution < 1.29 is 27.5 Å². The zero-order valence-electron chi connectivity index (χ0n) is 17.9. The summed E-state index contributed by atoms with van der Waals surface area (Å²) < 4.78 is 35.5. The molecule has 0 aromatic heterocycles. The predicted molar refractivity (Wildman–Crippen MR) is 120 cm³/mol. The summed E-state index contributed by atoms with van der Waals surface area (Å²) in [6.45, 7) is 1.23. The van der Waals surface area contributed by atoms with Crippen molar-refractivity contribution in [3.8, 4) is 5.75 Å². The lowest BCUT2D eigenvalue weighted by atomic mass is 10.1. The second kappa shape index (κ2) is 10.3. The van der Waals surface area contributed by atoms with Gasteiger partial charge in [0.25, 0.3) is 5.91 Å². The Hall–Kier alpha value is -2.62. The normalized spacial score (nSPS) is 14.8. The van der Waals surface area contributed by atoms with Crippen molar-refractivity contribution in [3.63, 3.8) is 0 Å². The molecule has 2 aromatic carbocycles. The number of halogens is 1. The number of esters is 1. The van der Waals surface area contributed by atoms with Crippen LogP contribution in [0.3, 0.4) is 0 Å². The van der Waals surface area contributed by atoms with Crippen molar-refractivity contribution in [2.24, 2.45) is 0 Å². The number of sulfonamides is 1. The minimum atomic E-state index is -3.30. The van der Waals surface area contributed by atoms with Gasteiger partial charge in [-0.1, -0.05) is 29.8 Å². The molecule has 1 amide bonds. The van der Waals surface area contributed by atoms with Gasteiger partial charge in [0.05, 0.1) is 25.3 Å². The summed E-state index contributed by atoms with van der Waals surface area (Å²) in [6.07, 6.45) is 1.18. The fourth-order valence-electron chi connectivity index (χ4n) is 3.35. The first kappa shape index (κ1) is 24.0. The highest BCUT2D eigenvalue weighted by Crippen LogP contribution is 2.25. The Labute approximate surface area is 192 Å². The molecule has 0 N–H and O–H groups in total. The lowest BCUT2D eigenvalue weighted by Gasteiger charge is -2.33. The highest BCUT2D eigenvalue weighted by atomic mass is 35.5. The number of piperazine rings is 1. The summed E-state index contributed by atoms with van der Waals surface area (Å²) in [4.78, 5) is 26.6. The molecule has 0 bridgehead atoms. The maximum absolute atomic E-state index is 13.3. The van der Waals surface area contributed by atoms with Gasteiger partial charge in [0.2, 0.25) is 10.0 Å². The zero-order valence-corrected chi connectivity index (χ0v) is 19.5.